The summed E-state index contributed by atoms with van der Waals surface area (Å²) in [5.41, 5.74) is 2.58. The second-order valence-corrected chi connectivity index (χ2v) is 5.90. The van der Waals surface area contributed by atoms with Gasteiger partial charge in [0.05, 0.1) is 18.5 Å². The van der Waals surface area contributed by atoms with Gasteiger partial charge in [0.15, 0.2) is 0 Å². The van der Waals surface area contributed by atoms with Crippen LogP contribution in [0.25, 0.3) is 5.57 Å². The fourth-order valence-electron chi connectivity index (χ4n) is 2.50. The molecule has 1 atom stereocenters. The maximum Gasteiger partial charge on any atom is 0.147 e. The summed E-state index contributed by atoms with van der Waals surface area (Å²) >= 11 is 3.52. The Bertz CT molecular complexity index is 772. The highest BCUT2D eigenvalue weighted by Crippen LogP contribution is 2.36. The van der Waals surface area contributed by atoms with Crippen LogP contribution >= 0.6 is 15.9 Å². The predicted octanol–water partition coefficient (Wildman–Crippen LogP) is 3.80. The fraction of sp³-hybridized carbons (Fsp3) is 0.111. The van der Waals surface area contributed by atoms with Gasteiger partial charge in [-0.2, -0.15) is 0 Å². The number of rotatable bonds is 4. The number of aldehydes is 1. The number of allylic oxidation sites excluding steroid dienone is 2. The number of methoxy groups -OCH3 is 1. The molecule has 1 unspecified atom stereocenters. The molecule has 1 aliphatic heterocycles. The minimum absolute atomic E-state index is 0.432. The van der Waals surface area contributed by atoms with Crippen molar-refractivity contribution in [3.05, 3.63) is 71.1 Å². The summed E-state index contributed by atoms with van der Waals surface area (Å²) in [6.07, 6.45) is 6.49. The number of anilines is 1. The largest absolute Gasteiger partial charge is 0.495 e. The molecule has 0 aliphatic carbocycles. The van der Waals surface area contributed by atoms with Crippen LogP contribution in [-0.2, 0) is 4.79 Å². The predicted molar refractivity (Wildman–Crippen MR) is 94.5 cm³/mol. The molecule has 1 aromatic heterocycles. The minimum atomic E-state index is -0.432. The van der Waals surface area contributed by atoms with E-state index < -0.39 is 6.04 Å². The summed E-state index contributed by atoms with van der Waals surface area (Å²) < 4.78 is 6.21. The quantitative estimate of drug-likeness (QED) is 0.767. The molecule has 0 spiro atoms. The number of para-hydroxylation sites is 2. The number of pyridine rings is 1. The molecule has 23 heavy (non-hydrogen) atoms. The molecule has 5 heteroatoms. The first-order valence-electron chi connectivity index (χ1n) is 7.11. The van der Waals surface area contributed by atoms with E-state index in [1.807, 2.05) is 59.6 Å². The molecule has 0 saturated heterocycles. The molecular weight excluding hydrogens is 356 g/mol. The van der Waals surface area contributed by atoms with Gasteiger partial charge in [0.1, 0.15) is 18.1 Å². The number of benzene rings is 1. The molecule has 0 N–H and O–H groups in total. The molecule has 4 nitrogen and oxygen atoms in total. The first-order chi connectivity index (χ1) is 11.2. The molecule has 116 valence electrons. The Morgan fingerprint density at radius 1 is 1.22 bits per heavy atom. The van der Waals surface area contributed by atoms with Gasteiger partial charge in [0, 0.05) is 22.5 Å². The van der Waals surface area contributed by atoms with Crippen molar-refractivity contribution in [1.82, 2.24) is 4.98 Å². The van der Waals surface area contributed by atoms with E-state index >= 15 is 0 Å². The van der Waals surface area contributed by atoms with E-state index in [-0.39, 0.29) is 0 Å². The number of nitrogens with zero attached hydrogens (tertiary/aromatic N) is 2. The maximum atomic E-state index is 11.6. The topological polar surface area (TPSA) is 42.4 Å². The third-order valence-corrected chi connectivity index (χ3v) is 4.30. The first-order valence-corrected chi connectivity index (χ1v) is 7.91. The van der Waals surface area contributed by atoms with Crippen molar-refractivity contribution in [1.29, 1.82) is 0 Å². The molecule has 0 saturated carbocycles. The highest BCUT2D eigenvalue weighted by atomic mass is 79.9. The summed E-state index contributed by atoms with van der Waals surface area (Å²) in [5, 5.41) is 0. The molecule has 3 rings (SSSR count). The van der Waals surface area contributed by atoms with Crippen molar-refractivity contribution >= 4 is 33.5 Å². The lowest BCUT2D eigenvalue weighted by Gasteiger charge is -2.31. The molecule has 1 aromatic carbocycles. The van der Waals surface area contributed by atoms with Crippen LogP contribution in [0.15, 0.2) is 65.4 Å². The third-order valence-electron chi connectivity index (χ3n) is 3.61. The third kappa shape index (κ3) is 3.05. The van der Waals surface area contributed by atoms with Crippen LogP contribution in [0.4, 0.5) is 5.69 Å². The van der Waals surface area contributed by atoms with Crippen LogP contribution in [0.2, 0.25) is 0 Å². The number of hydrogen-bond donors (Lipinski definition) is 0. The molecule has 0 radical (unpaired) electrons. The average Bonchev–Trinajstić information content (AvgIpc) is 2.61. The molecule has 2 heterocycles. The summed E-state index contributed by atoms with van der Waals surface area (Å²) in [6.45, 7) is 0. The fourth-order valence-corrected chi connectivity index (χ4v) is 3.08. The lowest BCUT2D eigenvalue weighted by molar-refractivity contribution is -0.108. The van der Waals surface area contributed by atoms with Gasteiger partial charge >= 0.3 is 0 Å². The van der Waals surface area contributed by atoms with Crippen molar-refractivity contribution in [2.75, 3.05) is 12.0 Å². The molecule has 1 aliphatic rings. The van der Waals surface area contributed by atoms with E-state index in [1.165, 1.54) is 0 Å². The van der Waals surface area contributed by atoms with Crippen molar-refractivity contribution in [3.8, 4) is 5.75 Å². The number of hydrogen-bond acceptors (Lipinski definition) is 4. The van der Waals surface area contributed by atoms with Crippen molar-refractivity contribution < 1.29 is 9.53 Å². The number of carbonyl (C=O) groups is 1. The molecule has 0 amide bonds. The van der Waals surface area contributed by atoms with Crippen LogP contribution in [0.3, 0.4) is 0 Å². The van der Waals surface area contributed by atoms with E-state index in [2.05, 4.69) is 20.9 Å². The van der Waals surface area contributed by atoms with Gasteiger partial charge in [-0.05, 0) is 30.3 Å². The second-order valence-electron chi connectivity index (χ2n) is 4.99. The Hall–Kier alpha value is -2.40. The highest BCUT2D eigenvalue weighted by molar-refractivity contribution is 9.11. The Morgan fingerprint density at radius 2 is 2.00 bits per heavy atom. The van der Waals surface area contributed by atoms with Gasteiger partial charge in [-0.3, -0.25) is 4.98 Å². The molecular formula is C18H15BrN2O2. The van der Waals surface area contributed by atoms with E-state index in [1.54, 1.807) is 13.3 Å². The Kier molecular flexibility index (Phi) is 4.57. The van der Waals surface area contributed by atoms with Crippen LogP contribution in [0, 0.1) is 0 Å². The minimum Gasteiger partial charge on any atom is -0.495 e. The van der Waals surface area contributed by atoms with E-state index in [4.69, 9.17) is 4.74 Å². The van der Waals surface area contributed by atoms with E-state index in [0.29, 0.717) is 5.75 Å². The standard InChI is InChI=1S/C18H15BrN2O2/c1-23-18-8-3-2-7-16(18)21-11-13(10-14(19)17(21)12-22)15-6-4-5-9-20-15/h2-12,17H,1H3. The number of aromatic nitrogens is 1. The number of halogens is 1. The Morgan fingerprint density at radius 3 is 2.70 bits per heavy atom. The maximum absolute atomic E-state index is 11.6. The molecule has 0 fully saturated rings. The monoisotopic (exact) mass is 370 g/mol. The number of carbonyl (C=O) groups excluding carboxylic acids is 1. The van der Waals surface area contributed by atoms with Gasteiger partial charge in [0.2, 0.25) is 0 Å². The summed E-state index contributed by atoms with van der Waals surface area (Å²) in [4.78, 5) is 17.9. The summed E-state index contributed by atoms with van der Waals surface area (Å²) in [7, 11) is 1.62. The second kappa shape index (κ2) is 6.79. The lowest BCUT2D eigenvalue weighted by Crippen LogP contribution is -2.35. The van der Waals surface area contributed by atoms with Crippen molar-refractivity contribution in [2.45, 2.75) is 6.04 Å². The van der Waals surface area contributed by atoms with Crippen molar-refractivity contribution in [2.24, 2.45) is 0 Å². The van der Waals surface area contributed by atoms with Gasteiger partial charge < -0.3 is 14.4 Å². The zero-order chi connectivity index (χ0) is 16.2. The average molecular weight is 371 g/mol. The summed E-state index contributed by atoms with van der Waals surface area (Å²) in [5.74, 6) is 0.707. The SMILES string of the molecule is COc1ccccc1N1C=C(c2ccccn2)C=C(Br)C1C=O. The van der Waals surface area contributed by atoms with Crippen LogP contribution < -0.4 is 9.64 Å². The normalized spacial score (nSPS) is 17.3. The Balaban J connectivity index is 2.11. The highest BCUT2D eigenvalue weighted by Gasteiger charge is 2.26. The number of ether oxygens (including phenoxy) is 1. The summed E-state index contributed by atoms with van der Waals surface area (Å²) in [6, 6.07) is 12.9. The van der Waals surface area contributed by atoms with E-state index in [0.717, 1.165) is 27.7 Å². The zero-order valence-electron chi connectivity index (χ0n) is 12.5. The van der Waals surface area contributed by atoms with Crippen LogP contribution in [0.1, 0.15) is 5.69 Å². The van der Waals surface area contributed by atoms with Gasteiger partial charge in [-0.25, -0.2) is 0 Å². The van der Waals surface area contributed by atoms with Gasteiger partial charge in [-0.15, -0.1) is 0 Å². The van der Waals surface area contributed by atoms with Crippen LogP contribution in [-0.4, -0.2) is 24.4 Å². The van der Waals surface area contributed by atoms with Crippen molar-refractivity contribution in [3.63, 3.8) is 0 Å². The van der Waals surface area contributed by atoms with Gasteiger partial charge in [-0.1, -0.05) is 34.1 Å². The molecule has 2 aromatic rings. The zero-order valence-corrected chi connectivity index (χ0v) is 14.1. The van der Waals surface area contributed by atoms with E-state index in [9.17, 15) is 4.79 Å². The lowest BCUT2D eigenvalue weighted by atomic mass is 10.0. The van der Waals surface area contributed by atoms with Gasteiger partial charge in [0.25, 0.3) is 0 Å². The first kappa shape index (κ1) is 15.5. The smallest absolute Gasteiger partial charge is 0.147 e. The Labute approximate surface area is 143 Å². The van der Waals surface area contributed by atoms with Crippen LogP contribution in [0.5, 0.6) is 5.75 Å². The molecule has 0 bridgehead atoms.